The Balaban J connectivity index is 1.62. The van der Waals surface area contributed by atoms with E-state index in [1.165, 1.54) is 18.1 Å². The number of hydrogen-bond acceptors (Lipinski definition) is 5. The zero-order valence-electron chi connectivity index (χ0n) is 24.5. The first-order valence-electron chi connectivity index (χ1n) is 13.9. The SMILES string of the molecule is COc1cc(F)c(C(C)C)cc1-c1ccc(N(C)C)nc1C1CCC2[C@@H](c3cc(C(F)(F)F)cc(C(F)(F)F)c3)OC(=O)N12. The van der Waals surface area contributed by atoms with Crippen LogP contribution in [-0.2, 0) is 17.1 Å². The average Bonchev–Trinajstić information content (AvgIpc) is 3.52. The van der Waals surface area contributed by atoms with Crippen LogP contribution < -0.4 is 9.64 Å². The molecule has 1 amide bonds. The highest BCUT2D eigenvalue weighted by atomic mass is 19.4. The molecule has 2 aliphatic rings. The Morgan fingerprint density at radius 2 is 1.59 bits per heavy atom. The van der Waals surface area contributed by atoms with Gasteiger partial charge in [-0.15, -0.1) is 0 Å². The third-order valence-electron chi connectivity index (χ3n) is 8.07. The Bertz CT molecular complexity index is 1550. The molecule has 6 nitrogen and oxygen atoms in total. The quantitative estimate of drug-likeness (QED) is 0.257. The second-order valence-electron chi connectivity index (χ2n) is 11.4. The third-order valence-corrected chi connectivity index (χ3v) is 8.07. The fraction of sp³-hybridized carbons (Fsp3) is 0.419. The Kier molecular flexibility index (Phi) is 7.96. The lowest BCUT2D eigenvalue weighted by molar-refractivity contribution is -0.143. The highest BCUT2D eigenvalue weighted by molar-refractivity contribution is 5.77. The van der Waals surface area contributed by atoms with Crippen LogP contribution in [0.15, 0.2) is 42.5 Å². The van der Waals surface area contributed by atoms with Gasteiger partial charge in [0.05, 0.1) is 36.0 Å². The van der Waals surface area contributed by atoms with Gasteiger partial charge in [-0.25, -0.2) is 14.2 Å². The van der Waals surface area contributed by atoms with Gasteiger partial charge in [-0.2, -0.15) is 26.3 Å². The summed E-state index contributed by atoms with van der Waals surface area (Å²) < 4.78 is 107. The van der Waals surface area contributed by atoms with Gasteiger partial charge in [0.15, 0.2) is 0 Å². The summed E-state index contributed by atoms with van der Waals surface area (Å²) in [6, 6.07) is 6.09. The Labute approximate surface area is 249 Å². The molecular weight excluding hydrogens is 595 g/mol. The van der Waals surface area contributed by atoms with Crippen LogP contribution in [0.25, 0.3) is 11.1 Å². The number of benzene rings is 2. The van der Waals surface area contributed by atoms with Crippen molar-refractivity contribution in [3.63, 3.8) is 0 Å². The highest BCUT2D eigenvalue weighted by Crippen LogP contribution is 2.51. The van der Waals surface area contributed by atoms with Gasteiger partial charge in [-0.05, 0) is 66.3 Å². The van der Waals surface area contributed by atoms with Gasteiger partial charge in [0.2, 0.25) is 0 Å². The van der Waals surface area contributed by atoms with Crippen LogP contribution >= 0.6 is 0 Å². The minimum atomic E-state index is -5.05. The van der Waals surface area contributed by atoms with E-state index in [1.54, 1.807) is 37.2 Å². The fourth-order valence-electron chi connectivity index (χ4n) is 5.94. The second kappa shape index (κ2) is 11.2. The normalized spacial score (nSPS) is 20.2. The van der Waals surface area contributed by atoms with Gasteiger partial charge in [0.25, 0.3) is 0 Å². The molecule has 0 saturated carbocycles. The first-order valence-corrected chi connectivity index (χ1v) is 13.9. The number of carbonyl (C=O) groups is 1. The predicted molar refractivity (Wildman–Crippen MR) is 148 cm³/mol. The first kappa shape index (κ1) is 31.4. The van der Waals surface area contributed by atoms with Crippen molar-refractivity contribution >= 4 is 11.9 Å². The molecule has 2 aromatic carbocycles. The number of rotatable bonds is 6. The molecule has 5 rings (SSSR count). The topological polar surface area (TPSA) is 54.9 Å². The lowest BCUT2D eigenvalue weighted by Gasteiger charge is -2.26. The maximum absolute atomic E-state index is 14.9. The summed E-state index contributed by atoms with van der Waals surface area (Å²) in [5, 5.41) is 0. The van der Waals surface area contributed by atoms with Crippen molar-refractivity contribution in [3.05, 3.63) is 76.2 Å². The molecule has 236 valence electrons. The van der Waals surface area contributed by atoms with Gasteiger partial charge in [-0.3, -0.25) is 4.90 Å². The number of pyridine rings is 1. The van der Waals surface area contributed by atoms with Crippen LogP contribution in [0.4, 0.5) is 41.3 Å². The molecule has 3 aromatic rings. The molecule has 2 unspecified atom stereocenters. The number of ether oxygens (including phenoxy) is 2. The van der Waals surface area contributed by atoms with Gasteiger partial charge in [0.1, 0.15) is 23.5 Å². The molecule has 1 aromatic heterocycles. The van der Waals surface area contributed by atoms with E-state index >= 15 is 0 Å². The van der Waals surface area contributed by atoms with Crippen molar-refractivity contribution in [1.29, 1.82) is 0 Å². The van der Waals surface area contributed by atoms with E-state index < -0.39 is 59.1 Å². The number of cyclic esters (lactones) is 1. The minimum absolute atomic E-state index is 0.0416. The zero-order valence-corrected chi connectivity index (χ0v) is 24.5. The van der Waals surface area contributed by atoms with Crippen LogP contribution in [0.2, 0.25) is 0 Å². The van der Waals surface area contributed by atoms with E-state index in [1.807, 2.05) is 13.8 Å². The number of halogens is 7. The van der Waals surface area contributed by atoms with E-state index in [9.17, 15) is 35.5 Å². The number of anilines is 1. The summed E-state index contributed by atoms with van der Waals surface area (Å²) in [5.41, 5.74) is -1.47. The summed E-state index contributed by atoms with van der Waals surface area (Å²) in [7, 11) is 4.93. The summed E-state index contributed by atoms with van der Waals surface area (Å²) in [6.07, 6.45) is -11.8. The van der Waals surface area contributed by atoms with Gasteiger partial charge in [0, 0.05) is 31.3 Å². The molecule has 2 aliphatic heterocycles. The maximum Gasteiger partial charge on any atom is 0.416 e. The summed E-state index contributed by atoms with van der Waals surface area (Å²) in [5.74, 6) is 0.143. The van der Waals surface area contributed by atoms with E-state index in [0.29, 0.717) is 46.8 Å². The molecule has 0 aliphatic carbocycles. The van der Waals surface area contributed by atoms with E-state index in [4.69, 9.17) is 14.5 Å². The van der Waals surface area contributed by atoms with Crippen LogP contribution in [-0.4, -0.2) is 43.2 Å². The molecule has 13 heteroatoms. The maximum atomic E-state index is 14.9. The Hall–Kier alpha value is -4.03. The van der Waals surface area contributed by atoms with Crippen molar-refractivity contribution in [1.82, 2.24) is 9.88 Å². The largest absolute Gasteiger partial charge is 0.496 e. The molecular formula is C31H30F7N3O3. The predicted octanol–water partition coefficient (Wildman–Crippen LogP) is 8.52. The number of methoxy groups -OCH3 is 1. The van der Waals surface area contributed by atoms with E-state index in [0.717, 1.165) is 0 Å². The Morgan fingerprint density at radius 3 is 2.14 bits per heavy atom. The average molecular weight is 626 g/mol. The van der Waals surface area contributed by atoms with Crippen LogP contribution in [0.3, 0.4) is 0 Å². The van der Waals surface area contributed by atoms with Crippen molar-refractivity contribution in [3.8, 4) is 16.9 Å². The smallest absolute Gasteiger partial charge is 0.416 e. The zero-order chi connectivity index (χ0) is 32.3. The van der Waals surface area contributed by atoms with Gasteiger partial charge in [-0.1, -0.05) is 13.8 Å². The number of aromatic nitrogens is 1. The highest BCUT2D eigenvalue weighted by Gasteiger charge is 2.52. The van der Waals surface area contributed by atoms with Gasteiger partial charge < -0.3 is 14.4 Å². The molecule has 44 heavy (non-hydrogen) atoms. The van der Waals surface area contributed by atoms with Gasteiger partial charge >= 0.3 is 18.4 Å². The van der Waals surface area contributed by atoms with Crippen molar-refractivity contribution < 1.29 is 45.0 Å². The standard InChI is InChI=1S/C31H30F7N3O3/c1-15(2)20-13-21(25(43-5)14-22(20)32)19-6-9-26(40(3)4)39-27(19)23-7-8-24-28(44-29(42)41(23)24)16-10-17(30(33,34)35)12-18(11-16)31(36,37)38/h6,9-15,23-24,28H,7-8H2,1-5H3/t23?,24?,28-/m1/s1. The molecule has 0 radical (unpaired) electrons. The Morgan fingerprint density at radius 1 is 0.955 bits per heavy atom. The molecule has 0 spiro atoms. The summed E-state index contributed by atoms with van der Waals surface area (Å²) >= 11 is 0. The third kappa shape index (κ3) is 5.63. The molecule has 0 bridgehead atoms. The summed E-state index contributed by atoms with van der Waals surface area (Å²) in [4.78, 5) is 21.2. The minimum Gasteiger partial charge on any atom is -0.496 e. The number of alkyl halides is 6. The first-order chi connectivity index (χ1) is 20.5. The lowest BCUT2D eigenvalue weighted by Crippen LogP contribution is -2.31. The van der Waals surface area contributed by atoms with Crippen molar-refractivity contribution in [2.75, 3.05) is 26.1 Å². The van der Waals surface area contributed by atoms with E-state index in [-0.39, 0.29) is 24.2 Å². The van der Waals surface area contributed by atoms with Crippen molar-refractivity contribution in [2.45, 2.75) is 63.1 Å². The van der Waals surface area contributed by atoms with Crippen molar-refractivity contribution in [2.24, 2.45) is 0 Å². The fourth-order valence-corrected chi connectivity index (χ4v) is 5.94. The molecule has 2 saturated heterocycles. The lowest BCUT2D eigenvalue weighted by atomic mass is 9.93. The number of carbonyl (C=O) groups excluding carboxylic acids is 1. The molecule has 2 fully saturated rings. The van der Waals surface area contributed by atoms with Crippen LogP contribution in [0.5, 0.6) is 5.75 Å². The molecule has 3 heterocycles. The number of fused-ring (bicyclic) bond motifs is 1. The number of nitrogens with zero attached hydrogens (tertiary/aromatic N) is 3. The molecule has 3 atom stereocenters. The number of amides is 1. The van der Waals surface area contributed by atoms with E-state index in [2.05, 4.69) is 0 Å². The summed E-state index contributed by atoms with van der Waals surface area (Å²) in [6.45, 7) is 3.67. The van der Waals surface area contributed by atoms with Crippen LogP contribution in [0, 0.1) is 5.82 Å². The molecule has 0 N–H and O–H groups in total. The van der Waals surface area contributed by atoms with Crippen LogP contribution in [0.1, 0.15) is 72.7 Å². The monoisotopic (exact) mass is 625 g/mol. The second-order valence-corrected chi connectivity index (χ2v) is 11.4. The number of hydrogen-bond donors (Lipinski definition) is 0.